The number of sulfonamides is 1. The summed E-state index contributed by atoms with van der Waals surface area (Å²) in [6.45, 7) is 0.236. The number of nitrogens with zero attached hydrogens (tertiary/aromatic N) is 1. The molecular weight excluding hydrogens is 398 g/mol. The molecule has 0 amide bonds. The van der Waals surface area contributed by atoms with Crippen molar-refractivity contribution in [3.63, 3.8) is 0 Å². The molecule has 0 aliphatic heterocycles. The lowest BCUT2D eigenvalue weighted by atomic mass is 10.2. The van der Waals surface area contributed by atoms with Crippen LogP contribution in [0.3, 0.4) is 0 Å². The number of hydrogen-bond donors (Lipinski definition) is 0. The molecule has 28 heavy (non-hydrogen) atoms. The van der Waals surface area contributed by atoms with Crippen LogP contribution in [0.2, 0.25) is 0 Å². The molecule has 6 nitrogen and oxygen atoms in total. The van der Waals surface area contributed by atoms with E-state index in [1.165, 1.54) is 29.9 Å². The summed E-state index contributed by atoms with van der Waals surface area (Å²) < 4.78 is 37.3. The van der Waals surface area contributed by atoms with Gasteiger partial charge in [-0.15, -0.1) is 11.3 Å². The van der Waals surface area contributed by atoms with Crippen LogP contribution in [0.1, 0.15) is 15.2 Å². The van der Waals surface area contributed by atoms with Gasteiger partial charge >= 0.3 is 5.97 Å². The molecule has 3 aromatic rings. The highest BCUT2D eigenvalue weighted by molar-refractivity contribution is 7.89. The predicted octanol–water partition coefficient (Wildman–Crippen LogP) is 3.80. The third kappa shape index (κ3) is 4.41. The van der Waals surface area contributed by atoms with E-state index in [2.05, 4.69) is 0 Å². The first-order valence-corrected chi connectivity index (χ1v) is 10.7. The summed E-state index contributed by atoms with van der Waals surface area (Å²) in [5.74, 6) is 0.0542. The molecule has 0 saturated carbocycles. The number of rotatable bonds is 7. The molecule has 0 unspecified atom stereocenters. The maximum absolute atomic E-state index is 12.8. The fourth-order valence-corrected chi connectivity index (χ4v) is 4.81. The van der Waals surface area contributed by atoms with Crippen molar-refractivity contribution in [2.24, 2.45) is 0 Å². The van der Waals surface area contributed by atoms with Crippen molar-refractivity contribution >= 4 is 27.3 Å². The van der Waals surface area contributed by atoms with Crippen LogP contribution in [-0.2, 0) is 16.6 Å². The third-order valence-corrected chi connectivity index (χ3v) is 6.85. The molecule has 0 aliphatic rings. The van der Waals surface area contributed by atoms with E-state index in [1.54, 1.807) is 24.3 Å². The number of para-hydroxylation sites is 2. The Labute approximate surface area is 168 Å². The summed E-state index contributed by atoms with van der Waals surface area (Å²) >= 11 is 1.02. The van der Waals surface area contributed by atoms with Crippen molar-refractivity contribution < 1.29 is 22.7 Å². The second-order valence-electron chi connectivity index (χ2n) is 5.93. The molecule has 1 aromatic heterocycles. The highest BCUT2D eigenvalue weighted by Gasteiger charge is 2.24. The van der Waals surface area contributed by atoms with E-state index < -0.39 is 16.0 Å². The van der Waals surface area contributed by atoms with Gasteiger partial charge in [-0.2, -0.15) is 4.31 Å². The zero-order valence-electron chi connectivity index (χ0n) is 15.4. The Kier molecular flexibility index (Phi) is 6.13. The SMILES string of the molecule is COc1ccccc1OC(=O)c1cc(S(=O)(=O)N(C)Cc2ccccc2)cs1. The summed E-state index contributed by atoms with van der Waals surface area (Å²) in [6, 6.07) is 17.4. The lowest BCUT2D eigenvalue weighted by Gasteiger charge is -2.16. The average Bonchev–Trinajstić information content (AvgIpc) is 3.20. The minimum atomic E-state index is -3.72. The van der Waals surface area contributed by atoms with Gasteiger partial charge in [0.25, 0.3) is 0 Å². The van der Waals surface area contributed by atoms with Gasteiger partial charge in [-0.1, -0.05) is 42.5 Å². The molecule has 0 fully saturated rings. The van der Waals surface area contributed by atoms with Crippen molar-refractivity contribution in [3.05, 3.63) is 76.5 Å². The molecular formula is C20H19NO5S2. The van der Waals surface area contributed by atoms with Crippen molar-refractivity contribution in [3.8, 4) is 11.5 Å². The summed E-state index contributed by atoms with van der Waals surface area (Å²) in [4.78, 5) is 12.7. The second kappa shape index (κ2) is 8.55. The number of ether oxygens (including phenoxy) is 2. The van der Waals surface area contributed by atoms with Crippen LogP contribution in [0.25, 0.3) is 0 Å². The fourth-order valence-electron chi connectivity index (χ4n) is 2.52. The Balaban J connectivity index is 1.76. The van der Waals surface area contributed by atoms with Gasteiger partial charge in [0.15, 0.2) is 11.5 Å². The third-order valence-electron chi connectivity index (χ3n) is 4.00. The van der Waals surface area contributed by atoms with Gasteiger partial charge in [0.1, 0.15) is 4.88 Å². The second-order valence-corrected chi connectivity index (χ2v) is 8.89. The monoisotopic (exact) mass is 417 g/mol. The van der Waals surface area contributed by atoms with Crippen LogP contribution in [-0.4, -0.2) is 32.8 Å². The van der Waals surface area contributed by atoms with Crippen LogP contribution >= 0.6 is 11.3 Å². The Morgan fingerprint density at radius 3 is 2.36 bits per heavy atom. The average molecular weight is 418 g/mol. The number of benzene rings is 2. The Bertz CT molecular complexity index is 1060. The molecule has 0 atom stereocenters. The van der Waals surface area contributed by atoms with Crippen molar-refractivity contribution in [1.82, 2.24) is 4.31 Å². The molecule has 0 aliphatic carbocycles. The highest BCUT2D eigenvalue weighted by Crippen LogP contribution is 2.29. The van der Waals surface area contributed by atoms with Gasteiger partial charge < -0.3 is 9.47 Å². The van der Waals surface area contributed by atoms with E-state index in [0.29, 0.717) is 5.75 Å². The molecule has 0 radical (unpaired) electrons. The summed E-state index contributed by atoms with van der Waals surface area (Å²) in [5.41, 5.74) is 0.875. The summed E-state index contributed by atoms with van der Waals surface area (Å²) in [7, 11) is -0.740. The van der Waals surface area contributed by atoms with Crippen LogP contribution in [0.4, 0.5) is 0 Å². The molecule has 0 spiro atoms. The predicted molar refractivity (Wildman–Crippen MR) is 107 cm³/mol. The molecule has 1 heterocycles. The first-order valence-electron chi connectivity index (χ1n) is 8.36. The number of carbonyl (C=O) groups is 1. The normalized spacial score (nSPS) is 11.4. The van der Waals surface area contributed by atoms with Crippen molar-refractivity contribution in [2.75, 3.05) is 14.2 Å². The zero-order valence-corrected chi connectivity index (χ0v) is 17.0. The molecule has 0 N–H and O–H groups in total. The Morgan fingerprint density at radius 2 is 1.68 bits per heavy atom. The van der Waals surface area contributed by atoms with E-state index in [9.17, 15) is 13.2 Å². The van der Waals surface area contributed by atoms with Crippen LogP contribution in [0.15, 0.2) is 70.9 Å². The fraction of sp³-hybridized carbons (Fsp3) is 0.150. The standard InChI is InChI=1S/C20H19NO5S2/c1-21(13-15-8-4-3-5-9-15)28(23,24)16-12-19(27-14-16)20(22)26-18-11-7-6-10-17(18)25-2/h3-12,14H,13H2,1-2H3. The van der Waals surface area contributed by atoms with Gasteiger partial charge in [0.05, 0.1) is 12.0 Å². The zero-order chi connectivity index (χ0) is 20.1. The van der Waals surface area contributed by atoms with Gasteiger partial charge in [0, 0.05) is 19.0 Å². The lowest BCUT2D eigenvalue weighted by molar-refractivity contribution is 0.0734. The minimum absolute atomic E-state index is 0.0582. The van der Waals surface area contributed by atoms with Gasteiger partial charge in [-0.3, -0.25) is 0 Å². The number of methoxy groups -OCH3 is 1. The Hall–Kier alpha value is -2.68. The molecule has 146 valence electrons. The van der Waals surface area contributed by atoms with Gasteiger partial charge in [-0.25, -0.2) is 13.2 Å². The van der Waals surface area contributed by atoms with Crippen molar-refractivity contribution in [1.29, 1.82) is 0 Å². The largest absolute Gasteiger partial charge is 0.493 e. The van der Waals surface area contributed by atoms with Crippen LogP contribution < -0.4 is 9.47 Å². The molecule has 0 saturated heterocycles. The number of thiophene rings is 1. The van der Waals surface area contributed by atoms with E-state index in [0.717, 1.165) is 16.9 Å². The maximum Gasteiger partial charge on any atom is 0.353 e. The smallest absolute Gasteiger partial charge is 0.353 e. The van der Waals surface area contributed by atoms with Crippen molar-refractivity contribution in [2.45, 2.75) is 11.4 Å². The van der Waals surface area contributed by atoms with E-state index in [4.69, 9.17) is 9.47 Å². The highest BCUT2D eigenvalue weighted by atomic mass is 32.2. The minimum Gasteiger partial charge on any atom is -0.493 e. The maximum atomic E-state index is 12.8. The van der Waals surface area contributed by atoms with E-state index >= 15 is 0 Å². The van der Waals surface area contributed by atoms with Crippen LogP contribution in [0, 0.1) is 0 Å². The summed E-state index contributed by atoms with van der Waals surface area (Å²) in [6.07, 6.45) is 0. The molecule has 0 bridgehead atoms. The molecule has 8 heteroatoms. The quantitative estimate of drug-likeness (QED) is 0.432. The number of esters is 1. The molecule has 3 rings (SSSR count). The first-order chi connectivity index (χ1) is 13.4. The number of hydrogen-bond acceptors (Lipinski definition) is 6. The number of carbonyl (C=O) groups excluding carboxylic acids is 1. The summed E-state index contributed by atoms with van der Waals surface area (Å²) in [5, 5.41) is 1.44. The van der Waals surface area contributed by atoms with E-state index in [-0.39, 0.29) is 22.1 Å². The van der Waals surface area contributed by atoms with Gasteiger partial charge in [-0.05, 0) is 23.8 Å². The first kappa shape index (κ1) is 20.1. The lowest BCUT2D eigenvalue weighted by Crippen LogP contribution is -2.26. The molecule has 2 aromatic carbocycles. The Morgan fingerprint density at radius 1 is 1.04 bits per heavy atom. The topological polar surface area (TPSA) is 72.9 Å². The van der Waals surface area contributed by atoms with E-state index in [1.807, 2.05) is 30.3 Å². The van der Waals surface area contributed by atoms with Gasteiger partial charge in [0.2, 0.25) is 10.0 Å². The van der Waals surface area contributed by atoms with Crippen LogP contribution in [0.5, 0.6) is 11.5 Å².